The van der Waals surface area contributed by atoms with Gasteiger partial charge in [-0.15, -0.1) is 21.8 Å². The summed E-state index contributed by atoms with van der Waals surface area (Å²) in [4.78, 5) is 0. The van der Waals surface area contributed by atoms with Gasteiger partial charge in [0, 0.05) is 6.04 Å². The van der Waals surface area contributed by atoms with Gasteiger partial charge in [-0.05, 0) is 24.7 Å². The maximum atomic E-state index is 5.80. The van der Waals surface area contributed by atoms with Crippen molar-refractivity contribution < 1.29 is 0 Å². The molecule has 1 aromatic rings. The van der Waals surface area contributed by atoms with Gasteiger partial charge < -0.3 is 4.57 Å². The standard InChI is InChI=1S/C10H16ClN3/c1-10(2)4-3-8(5-10)14-7-12-13-9(14)6-11/h7-8H,3-6H2,1-2H3. The normalized spacial score (nSPS) is 25.5. The van der Waals surface area contributed by atoms with E-state index in [9.17, 15) is 0 Å². The number of hydrogen-bond donors (Lipinski definition) is 0. The molecule has 4 heteroatoms. The zero-order valence-corrected chi connectivity index (χ0v) is 9.46. The van der Waals surface area contributed by atoms with Crippen molar-refractivity contribution >= 4 is 11.6 Å². The van der Waals surface area contributed by atoms with E-state index < -0.39 is 0 Å². The van der Waals surface area contributed by atoms with Gasteiger partial charge in [-0.1, -0.05) is 13.8 Å². The molecule has 0 aliphatic heterocycles. The highest BCUT2D eigenvalue weighted by Gasteiger charge is 2.32. The van der Waals surface area contributed by atoms with E-state index >= 15 is 0 Å². The van der Waals surface area contributed by atoms with Crippen LogP contribution in [0, 0.1) is 5.41 Å². The van der Waals surface area contributed by atoms with Crippen molar-refractivity contribution in [3.05, 3.63) is 12.2 Å². The van der Waals surface area contributed by atoms with Gasteiger partial charge in [0.15, 0.2) is 0 Å². The van der Waals surface area contributed by atoms with E-state index in [1.165, 1.54) is 19.3 Å². The molecule has 1 saturated carbocycles. The Kier molecular flexibility index (Phi) is 2.52. The third-order valence-corrected chi connectivity index (χ3v) is 3.34. The molecule has 1 aromatic heterocycles. The second-order valence-electron chi connectivity index (χ2n) is 4.85. The number of aromatic nitrogens is 3. The first-order valence-corrected chi connectivity index (χ1v) is 5.60. The highest BCUT2D eigenvalue weighted by atomic mass is 35.5. The van der Waals surface area contributed by atoms with Crippen LogP contribution in [0.3, 0.4) is 0 Å². The molecule has 0 aromatic carbocycles. The van der Waals surface area contributed by atoms with E-state index in [1.807, 2.05) is 6.33 Å². The summed E-state index contributed by atoms with van der Waals surface area (Å²) in [5.41, 5.74) is 0.457. The lowest BCUT2D eigenvalue weighted by Gasteiger charge is -2.18. The minimum Gasteiger partial charge on any atom is -0.313 e. The van der Waals surface area contributed by atoms with Gasteiger partial charge in [-0.25, -0.2) is 0 Å². The van der Waals surface area contributed by atoms with Crippen LogP contribution < -0.4 is 0 Å². The summed E-state index contributed by atoms with van der Waals surface area (Å²) in [6.45, 7) is 4.63. The Morgan fingerprint density at radius 3 is 3.00 bits per heavy atom. The van der Waals surface area contributed by atoms with Crippen molar-refractivity contribution in [3.8, 4) is 0 Å². The first kappa shape index (κ1) is 9.97. The molecular weight excluding hydrogens is 198 g/mol. The summed E-state index contributed by atoms with van der Waals surface area (Å²) in [5.74, 6) is 1.35. The minimum absolute atomic E-state index is 0.455. The lowest BCUT2D eigenvalue weighted by Crippen LogP contribution is -2.10. The maximum absolute atomic E-state index is 5.80. The average molecular weight is 214 g/mol. The predicted molar refractivity (Wildman–Crippen MR) is 56.2 cm³/mol. The van der Waals surface area contributed by atoms with Crippen LogP contribution in [0.1, 0.15) is 45.0 Å². The number of alkyl halides is 1. The number of halogens is 1. The van der Waals surface area contributed by atoms with Crippen LogP contribution in [-0.4, -0.2) is 14.8 Å². The van der Waals surface area contributed by atoms with Gasteiger partial charge in [0.1, 0.15) is 12.2 Å². The van der Waals surface area contributed by atoms with Gasteiger partial charge in [-0.2, -0.15) is 0 Å². The lowest BCUT2D eigenvalue weighted by molar-refractivity contribution is 0.357. The van der Waals surface area contributed by atoms with E-state index in [0.717, 1.165) is 5.82 Å². The molecule has 14 heavy (non-hydrogen) atoms. The van der Waals surface area contributed by atoms with Crippen molar-refractivity contribution in [2.75, 3.05) is 0 Å². The highest BCUT2D eigenvalue weighted by molar-refractivity contribution is 6.16. The van der Waals surface area contributed by atoms with E-state index in [2.05, 4.69) is 28.6 Å². The van der Waals surface area contributed by atoms with Crippen molar-refractivity contribution in [1.82, 2.24) is 14.8 Å². The van der Waals surface area contributed by atoms with E-state index in [0.29, 0.717) is 17.3 Å². The van der Waals surface area contributed by atoms with E-state index in [1.54, 1.807) is 0 Å². The Balaban J connectivity index is 2.17. The first-order chi connectivity index (χ1) is 6.62. The molecule has 1 aliphatic carbocycles. The maximum Gasteiger partial charge on any atom is 0.148 e. The zero-order valence-electron chi connectivity index (χ0n) is 8.70. The van der Waals surface area contributed by atoms with Crippen LogP contribution in [0.15, 0.2) is 6.33 Å². The van der Waals surface area contributed by atoms with Gasteiger partial charge >= 0.3 is 0 Å². The van der Waals surface area contributed by atoms with Gasteiger partial charge in [-0.3, -0.25) is 0 Å². The lowest BCUT2D eigenvalue weighted by atomic mass is 9.92. The van der Waals surface area contributed by atoms with Gasteiger partial charge in [0.2, 0.25) is 0 Å². The SMILES string of the molecule is CC1(C)CCC(n2cnnc2CCl)C1. The largest absolute Gasteiger partial charge is 0.313 e. The molecule has 3 nitrogen and oxygen atoms in total. The number of hydrogen-bond acceptors (Lipinski definition) is 2. The average Bonchev–Trinajstić information content (AvgIpc) is 2.70. The fraction of sp³-hybridized carbons (Fsp3) is 0.800. The Morgan fingerprint density at radius 1 is 1.64 bits per heavy atom. The summed E-state index contributed by atoms with van der Waals surface area (Å²) in [7, 11) is 0. The van der Waals surface area contributed by atoms with Crippen molar-refractivity contribution in [2.45, 2.75) is 45.0 Å². The molecule has 0 bridgehead atoms. The van der Waals surface area contributed by atoms with Gasteiger partial charge in [0.05, 0.1) is 5.88 Å². The van der Waals surface area contributed by atoms with E-state index in [-0.39, 0.29) is 0 Å². The third-order valence-electron chi connectivity index (χ3n) is 3.10. The molecule has 0 N–H and O–H groups in total. The Labute approximate surface area is 89.5 Å². The molecule has 78 valence electrons. The van der Waals surface area contributed by atoms with Crippen molar-refractivity contribution in [2.24, 2.45) is 5.41 Å². The predicted octanol–water partition coefficient (Wildman–Crippen LogP) is 2.77. The molecule has 1 heterocycles. The monoisotopic (exact) mass is 213 g/mol. The van der Waals surface area contributed by atoms with Crippen LogP contribution in [0.2, 0.25) is 0 Å². The molecular formula is C10H16ClN3. The zero-order chi connectivity index (χ0) is 10.2. The first-order valence-electron chi connectivity index (χ1n) is 5.07. The molecule has 2 rings (SSSR count). The summed E-state index contributed by atoms with van der Waals surface area (Å²) >= 11 is 5.80. The van der Waals surface area contributed by atoms with Crippen LogP contribution in [0.25, 0.3) is 0 Å². The smallest absolute Gasteiger partial charge is 0.148 e. The topological polar surface area (TPSA) is 30.7 Å². The second-order valence-corrected chi connectivity index (χ2v) is 5.12. The summed E-state index contributed by atoms with van der Waals surface area (Å²) < 4.78 is 2.14. The summed E-state index contributed by atoms with van der Waals surface area (Å²) in [6, 6.07) is 0.550. The van der Waals surface area contributed by atoms with Crippen LogP contribution in [0.4, 0.5) is 0 Å². The molecule has 1 atom stereocenters. The number of nitrogens with zero attached hydrogens (tertiary/aromatic N) is 3. The Morgan fingerprint density at radius 2 is 2.43 bits per heavy atom. The molecule has 0 spiro atoms. The minimum atomic E-state index is 0.455. The van der Waals surface area contributed by atoms with Crippen molar-refractivity contribution in [3.63, 3.8) is 0 Å². The van der Waals surface area contributed by atoms with Crippen LogP contribution in [0.5, 0.6) is 0 Å². The fourth-order valence-corrected chi connectivity index (χ4v) is 2.50. The third kappa shape index (κ3) is 1.78. The second kappa shape index (κ2) is 3.54. The van der Waals surface area contributed by atoms with Crippen LogP contribution in [-0.2, 0) is 5.88 Å². The van der Waals surface area contributed by atoms with Crippen molar-refractivity contribution in [1.29, 1.82) is 0 Å². The Bertz CT molecular complexity index is 319. The van der Waals surface area contributed by atoms with E-state index in [4.69, 9.17) is 11.6 Å². The molecule has 1 fully saturated rings. The summed E-state index contributed by atoms with van der Waals surface area (Å²) in [6.07, 6.45) is 5.51. The fourth-order valence-electron chi connectivity index (χ4n) is 2.30. The Hall–Kier alpha value is -0.570. The molecule has 1 aliphatic rings. The molecule has 0 radical (unpaired) electrons. The highest BCUT2D eigenvalue weighted by Crippen LogP contribution is 2.43. The number of rotatable bonds is 2. The van der Waals surface area contributed by atoms with Crippen LogP contribution >= 0.6 is 11.6 Å². The molecule has 0 amide bonds. The molecule has 1 unspecified atom stereocenters. The quantitative estimate of drug-likeness (QED) is 0.708. The van der Waals surface area contributed by atoms with Gasteiger partial charge in [0.25, 0.3) is 0 Å². The molecule has 0 saturated heterocycles. The summed E-state index contributed by atoms with van der Waals surface area (Å²) in [5, 5.41) is 7.92.